The SMILES string of the molecule is C=CC(=O)Nc1ccc2c(ccn2-c2nc(Nc3cccc(OCCN4CCOCC4)c3)ncc2Cl)c1. The number of ether oxygens (including phenoxy) is 2. The van der Waals surface area contributed by atoms with Crippen molar-refractivity contribution < 1.29 is 14.3 Å². The number of aromatic nitrogens is 3. The third-order valence-corrected chi connectivity index (χ3v) is 6.23. The number of benzene rings is 2. The number of morpholine rings is 1. The number of halogens is 1. The summed E-state index contributed by atoms with van der Waals surface area (Å²) in [6.45, 7) is 8.36. The van der Waals surface area contributed by atoms with E-state index in [-0.39, 0.29) is 5.91 Å². The van der Waals surface area contributed by atoms with E-state index in [1.807, 2.05) is 59.3 Å². The van der Waals surface area contributed by atoms with Crippen LogP contribution in [0.5, 0.6) is 5.75 Å². The van der Waals surface area contributed by atoms with Crippen LogP contribution in [-0.4, -0.2) is 64.8 Å². The fraction of sp³-hybridized carbons (Fsp3) is 0.222. The second-order valence-electron chi connectivity index (χ2n) is 8.47. The molecule has 4 aromatic rings. The molecule has 1 aliphatic rings. The Hall–Kier alpha value is -3.92. The average molecular weight is 519 g/mol. The molecule has 0 saturated carbocycles. The molecule has 0 atom stereocenters. The molecule has 0 spiro atoms. The normalized spacial score (nSPS) is 13.9. The Morgan fingerprint density at radius 2 is 2.03 bits per heavy atom. The maximum atomic E-state index is 11.6. The number of carbonyl (C=O) groups excluding carboxylic acids is 1. The van der Waals surface area contributed by atoms with E-state index in [0.29, 0.717) is 29.1 Å². The van der Waals surface area contributed by atoms with Gasteiger partial charge in [0, 0.05) is 48.7 Å². The number of amides is 1. The van der Waals surface area contributed by atoms with Gasteiger partial charge >= 0.3 is 0 Å². The second-order valence-corrected chi connectivity index (χ2v) is 8.88. The van der Waals surface area contributed by atoms with E-state index in [9.17, 15) is 4.79 Å². The van der Waals surface area contributed by atoms with Crippen LogP contribution >= 0.6 is 11.6 Å². The first kappa shape index (κ1) is 24.8. The van der Waals surface area contributed by atoms with Gasteiger partial charge in [0.05, 0.1) is 24.9 Å². The van der Waals surface area contributed by atoms with Crippen LogP contribution in [0.3, 0.4) is 0 Å². The summed E-state index contributed by atoms with van der Waals surface area (Å²) >= 11 is 6.48. The highest BCUT2D eigenvalue weighted by molar-refractivity contribution is 6.32. The molecule has 0 unspecified atom stereocenters. The van der Waals surface area contributed by atoms with Gasteiger partial charge in [-0.3, -0.25) is 14.3 Å². The molecule has 3 heterocycles. The lowest BCUT2D eigenvalue weighted by molar-refractivity contribution is -0.111. The minimum atomic E-state index is -0.264. The van der Waals surface area contributed by atoms with E-state index in [1.54, 1.807) is 6.20 Å². The van der Waals surface area contributed by atoms with E-state index < -0.39 is 0 Å². The number of rotatable bonds is 9. The van der Waals surface area contributed by atoms with Gasteiger partial charge in [-0.25, -0.2) is 4.98 Å². The molecule has 10 heteroatoms. The van der Waals surface area contributed by atoms with Crippen LogP contribution in [0.25, 0.3) is 16.7 Å². The van der Waals surface area contributed by atoms with Gasteiger partial charge in [-0.15, -0.1) is 0 Å². The van der Waals surface area contributed by atoms with Crippen molar-refractivity contribution in [1.82, 2.24) is 19.4 Å². The Morgan fingerprint density at radius 3 is 2.86 bits per heavy atom. The first-order chi connectivity index (χ1) is 18.1. The molecule has 9 nitrogen and oxygen atoms in total. The molecule has 5 rings (SSSR count). The number of anilines is 3. The van der Waals surface area contributed by atoms with Crippen molar-refractivity contribution in [3.05, 3.63) is 78.6 Å². The molecule has 2 N–H and O–H groups in total. The van der Waals surface area contributed by atoms with E-state index >= 15 is 0 Å². The molecule has 190 valence electrons. The molecule has 1 aliphatic heterocycles. The van der Waals surface area contributed by atoms with Crippen molar-refractivity contribution in [2.75, 3.05) is 50.1 Å². The van der Waals surface area contributed by atoms with Crippen molar-refractivity contribution in [1.29, 1.82) is 0 Å². The topological polar surface area (TPSA) is 93.5 Å². The molecular weight excluding hydrogens is 492 g/mol. The van der Waals surface area contributed by atoms with Gasteiger partial charge in [0.2, 0.25) is 11.9 Å². The Balaban J connectivity index is 1.30. The van der Waals surface area contributed by atoms with E-state index in [1.165, 1.54) is 6.08 Å². The molecule has 0 bridgehead atoms. The fourth-order valence-corrected chi connectivity index (χ4v) is 4.28. The Bertz CT molecular complexity index is 1420. The molecule has 2 aromatic carbocycles. The Morgan fingerprint density at radius 1 is 1.16 bits per heavy atom. The molecule has 1 saturated heterocycles. The summed E-state index contributed by atoms with van der Waals surface area (Å²) in [5.41, 5.74) is 2.37. The summed E-state index contributed by atoms with van der Waals surface area (Å²) in [5.74, 6) is 1.44. The van der Waals surface area contributed by atoms with Gasteiger partial charge in [0.1, 0.15) is 17.4 Å². The van der Waals surface area contributed by atoms with E-state index in [4.69, 9.17) is 21.1 Å². The molecule has 0 radical (unpaired) electrons. The Labute approximate surface area is 219 Å². The lowest BCUT2D eigenvalue weighted by Gasteiger charge is -2.26. The summed E-state index contributed by atoms with van der Waals surface area (Å²) in [6.07, 6.45) is 4.68. The standard InChI is InChI=1S/C27H27ClN6O3/c1-2-25(35)30-21-6-7-24-19(16-21)8-9-34(24)26-23(28)18-29-27(32-26)31-20-4-3-5-22(17-20)37-15-12-33-10-13-36-14-11-33/h2-9,16-18H,1,10-15H2,(H,30,35)(H,29,31,32). The largest absolute Gasteiger partial charge is 0.492 e. The zero-order chi connectivity index (χ0) is 25.6. The highest BCUT2D eigenvalue weighted by atomic mass is 35.5. The number of hydrogen-bond donors (Lipinski definition) is 2. The van der Waals surface area contributed by atoms with Crippen molar-refractivity contribution in [3.8, 4) is 11.6 Å². The van der Waals surface area contributed by atoms with Crippen LogP contribution in [0.2, 0.25) is 5.02 Å². The third kappa shape index (κ3) is 6.08. The quantitative estimate of drug-likeness (QED) is 0.311. The number of hydrogen-bond acceptors (Lipinski definition) is 7. The fourth-order valence-electron chi connectivity index (χ4n) is 4.10. The zero-order valence-corrected chi connectivity index (χ0v) is 20.9. The molecule has 2 aromatic heterocycles. The predicted molar refractivity (Wildman–Crippen MR) is 145 cm³/mol. The van der Waals surface area contributed by atoms with E-state index in [0.717, 1.165) is 55.2 Å². The number of nitrogens with zero attached hydrogens (tertiary/aromatic N) is 4. The van der Waals surface area contributed by atoms with Crippen LogP contribution in [0, 0.1) is 0 Å². The summed E-state index contributed by atoms with van der Waals surface area (Å²) in [4.78, 5) is 23.0. The maximum Gasteiger partial charge on any atom is 0.247 e. The molecule has 0 aliphatic carbocycles. The smallest absolute Gasteiger partial charge is 0.247 e. The lowest BCUT2D eigenvalue weighted by Crippen LogP contribution is -2.38. The Kier molecular flexibility index (Phi) is 7.65. The van der Waals surface area contributed by atoms with Gasteiger partial charge in [-0.05, 0) is 42.5 Å². The van der Waals surface area contributed by atoms with Crippen molar-refractivity contribution in [3.63, 3.8) is 0 Å². The van der Waals surface area contributed by atoms with Crippen molar-refractivity contribution >= 4 is 45.7 Å². The van der Waals surface area contributed by atoms with Crippen LogP contribution in [0.1, 0.15) is 0 Å². The molecule has 37 heavy (non-hydrogen) atoms. The number of nitrogens with one attached hydrogen (secondary N) is 2. The second kappa shape index (κ2) is 11.4. The van der Waals surface area contributed by atoms with Crippen LogP contribution < -0.4 is 15.4 Å². The van der Waals surface area contributed by atoms with Crippen LogP contribution in [-0.2, 0) is 9.53 Å². The van der Waals surface area contributed by atoms with Crippen molar-refractivity contribution in [2.24, 2.45) is 0 Å². The lowest BCUT2D eigenvalue weighted by atomic mass is 10.2. The van der Waals surface area contributed by atoms with Crippen LogP contribution in [0.4, 0.5) is 17.3 Å². The highest BCUT2D eigenvalue weighted by Gasteiger charge is 2.13. The van der Waals surface area contributed by atoms with Crippen molar-refractivity contribution in [2.45, 2.75) is 0 Å². The monoisotopic (exact) mass is 518 g/mol. The summed E-state index contributed by atoms with van der Waals surface area (Å²) in [5, 5.41) is 7.34. The summed E-state index contributed by atoms with van der Waals surface area (Å²) < 4.78 is 13.2. The van der Waals surface area contributed by atoms with Gasteiger partial charge in [-0.2, -0.15) is 4.98 Å². The zero-order valence-electron chi connectivity index (χ0n) is 20.2. The van der Waals surface area contributed by atoms with E-state index in [2.05, 4.69) is 32.1 Å². The third-order valence-electron chi connectivity index (χ3n) is 5.97. The van der Waals surface area contributed by atoms with Gasteiger partial charge in [0.25, 0.3) is 0 Å². The first-order valence-corrected chi connectivity index (χ1v) is 12.3. The summed E-state index contributed by atoms with van der Waals surface area (Å²) in [6, 6.07) is 15.2. The molecule has 1 amide bonds. The van der Waals surface area contributed by atoms with Crippen LogP contribution in [0.15, 0.2) is 73.6 Å². The van der Waals surface area contributed by atoms with Gasteiger partial charge in [0.15, 0.2) is 5.82 Å². The first-order valence-electron chi connectivity index (χ1n) is 12.0. The maximum absolute atomic E-state index is 11.6. The molecular formula is C27H27ClN6O3. The average Bonchev–Trinajstić information content (AvgIpc) is 3.33. The number of carbonyl (C=O) groups is 1. The highest BCUT2D eigenvalue weighted by Crippen LogP contribution is 2.28. The summed E-state index contributed by atoms with van der Waals surface area (Å²) in [7, 11) is 0. The number of fused-ring (bicyclic) bond motifs is 1. The molecule has 1 fully saturated rings. The van der Waals surface area contributed by atoms with Gasteiger partial charge in [-0.1, -0.05) is 24.2 Å². The minimum Gasteiger partial charge on any atom is -0.492 e. The minimum absolute atomic E-state index is 0.264. The van der Waals surface area contributed by atoms with Gasteiger partial charge < -0.3 is 20.1 Å². The predicted octanol–water partition coefficient (Wildman–Crippen LogP) is 4.65.